The number of aromatic nitrogens is 4. The van der Waals surface area contributed by atoms with E-state index in [0.29, 0.717) is 0 Å². The number of hydrogen-bond donors (Lipinski definition) is 0. The van der Waals surface area contributed by atoms with Gasteiger partial charge in [0.2, 0.25) is 0 Å². The fraction of sp³-hybridized carbons (Fsp3) is 0.300. The van der Waals surface area contributed by atoms with Crippen molar-refractivity contribution in [2.24, 2.45) is 0 Å². The van der Waals surface area contributed by atoms with Gasteiger partial charge in [-0.25, -0.2) is 0 Å². The number of hydrogen-bond acceptors (Lipinski definition) is 3. The molecule has 0 unspecified atom stereocenters. The van der Waals surface area contributed by atoms with Crippen LogP contribution in [0.3, 0.4) is 0 Å². The van der Waals surface area contributed by atoms with Gasteiger partial charge < -0.3 is 0 Å². The Labute approximate surface area is 82.6 Å². The summed E-state index contributed by atoms with van der Waals surface area (Å²) in [6.45, 7) is 2.97. The van der Waals surface area contributed by atoms with E-state index >= 15 is 0 Å². The Morgan fingerprint density at radius 1 is 1.36 bits per heavy atom. The average molecular weight is 188 g/mol. The molecule has 4 heteroatoms. The normalized spacial score (nSPS) is 10.4. The third-order valence-corrected chi connectivity index (χ3v) is 1.92. The number of aryl methyl sites for hydroxylation is 1. The largest absolute Gasteiger partial charge is 0.264 e. The van der Waals surface area contributed by atoms with E-state index in [0.717, 1.165) is 24.2 Å². The van der Waals surface area contributed by atoms with Gasteiger partial charge in [-0.15, -0.1) is 0 Å². The Morgan fingerprint density at radius 2 is 2.29 bits per heavy atom. The van der Waals surface area contributed by atoms with E-state index in [-0.39, 0.29) is 0 Å². The van der Waals surface area contributed by atoms with Gasteiger partial charge in [0.25, 0.3) is 0 Å². The van der Waals surface area contributed by atoms with E-state index in [9.17, 15) is 0 Å². The monoisotopic (exact) mass is 188 g/mol. The third-order valence-electron chi connectivity index (χ3n) is 1.92. The maximum Gasteiger partial charge on any atom is 0.114 e. The van der Waals surface area contributed by atoms with Gasteiger partial charge >= 0.3 is 0 Å². The van der Waals surface area contributed by atoms with Crippen LogP contribution in [0.5, 0.6) is 0 Å². The first kappa shape index (κ1) is 8.87. The van der Waals surface area contributed by atoms with Crippen molar-refractivity contribution >= 4 is 0 Å². The van der Waals surface area contributed by atoms with E-state index in [4.69, 9.17) is 0 Å². The highest BCUT2D eigenvalue weighted by molar-refractivity contribution is 5.55. The molecule has 2 rings (SSSR count). The van der Waals surface area contributed by atoms with Crippen LogP contribution in [0.15, 0.2) is 30.7 Å². The van der Waals surface area contributed by atoms with Crippen LogP contribution in [-0.2, 0) is 6.54 Å². The lowest BCUT2D eigenvalue weighted by atomic mass is 10.2. The molecule has 0 radical (unpaired) electrons. The van der Waals surface area contributed by atoms with Crippen LogP contribution in [-0.4, -0.2) is 20.0 Å². The molecular weight excluding hydrogens is 176 g/mol. The van der Waals surface area contributed by atoms with Gasteiger partial charge in [0, 0.05) is 18.0 Å². The molecule has 0 atom stereocenters. The van der Waals surface area contributed by atoms with Crippen molar-refractivity contribution in [1.29, 1.82) is 0 Å². The van der Waals surface area contributed by atoms with Crippen molar-refractivity contribution in [3.8, 4) is 11.3 Å². The molecule has 0 saturated carbocycles. The van der Waals surface area contributed by atoms with Crippen molar-refractivity contribution < 1.29 is 0 Å². The standard InChI is InChI=1S/C10H12N4/c1-2-6-14-12-8-10(13-14)9-4-3-5-11-7-9/h3-5,7-8H,2,6H2,1H3. The number of pyridine rings is 1. The molecule has 72 valence electrons. The van der Waals surface area contributed by atoms with E-state index in [1.807, 2.05) is 12.1 Å². The van der Waals surface area contributed by atoms with E-state index in [1.54, 1.807) is 23.4 Å². The molecular formula is C10H12N4. The van der Waals surface area contributed by atoms with Crippen molar-refractivity contribution in [1.82, 2.24) is 20.0 Å². The van der Waals surface area contributed by atoms with Gasteiger partial charge in [-0.1, -0.05) is 6.92 Å². The molecule has 0 bridgehead atoms. The van der Waals surface area contributed by atoms with Gasteiger partial charge in [0.05, 0.1) is 12.7 Å². The second-order valence-electron chi connectivity index (χ2n) is 3.07. The van der Waals surface area contributed by atoms with Crippen LogP contribution in [0.2, 0.25) is 0 Å². The summed E-state index contributed by atoms with van der Waals surface area (Å²) in [5.41, 5.74) is 1.89. The summed E-state index contributed by atoms with van der Waals surface area (Å²) in [4.78, 5) is 5.75. The topological polar surface area (TPSA) is 43.6 Å². The van der Waals surface area contributed by atoms with E-state index in [1.165, 1.54) is 0 Å². The summed E-state index contributed by atoms with van der Waals surface area (Å²) >= 11 is 0. The van der Waals surface area contributed by atoms with Gasteiger partial charge in [0.1, 0.15) is 5.69 Å². The molecule has 0 aliphatic heterocycles. The summed E-state index contributed by atoms with van der Waals surface area (Å²) in [6, 6.07) is 3.88. The van der Waals surface area contributed by atoms with Gasteiger partial charge in [0.15, 0.2) is 0 Å². The molecule has 2 aromatic heterocycles. The molecule has 2 heterocycles. The highest BCUT2D eigenvalue weighted by Gasteiger charge is 2.01. The molecule has 0 aliphatic carbocycles. The molecule has 4 nitrogen and oxygen atoms in total. The highest BCUT2D eigenvalue weighted by atomic mass is 15.5. The lowest BCUT2D eigenvalue weighted by Crippen LogP contribution is -2.00. The van der Waals surface area contributed by atoms with Gasteiger partial charge in [-0.05, 0) is 18.6 Å². The van der Waals surface area contributed by atoms with Crippen LogP contribution >= 0.6 is 0 Å². The Bertz CT molecular complexity index is 394. The second kappa shape index (κ2) is 4.00. The summed E-state index contributed by atoms with van der Waals surface area (Å²) < 4.78 is 0. The van der Waals surface area contributed by atoms with Crippen LogP contribution in [0, 0.1) is 0 Å². The zero-order valence-electron chi connectivity index (χ0n) is 8.09. The quantitative estimate of drug-likeness (QED) is 0.737. The lowest BCUT2D eigenvalue weighted by Gasteiger charge is -1.94. The molecule has 0 saturated heterocycles. The molecule has 0 fully saturated rings. The van der Waals surface area contributed by atoms with Gasteiger partial charge in [-0.2, -0.15) is 15.0 Å². The third kappa shape index (κ3) is 1.79. The lowest BCUT2D eigenvalue weighted by molar-refractivity contribution is 0.529. The molecule has 0 amide bonds. The minimum absolute atomic E-state index is 0.861. The second-order valence-corrected chi connectivity index (χ2v) is 3.07. The average Bonchev–Trinajstić information content (AvgIpc) is 2.68. The Morgan fingerprint density at radius 3 is 3.00 bits per heavy atom. The maximum absolute atomic E-state index is 4.34. The minimum atomic E-state index is 0.861. The molecule has 0 N–H and O–H groups in total. The molecule has 2 aromatic rings. The molecule has 0 aliphatic rings. The van der Waals surface area contributed by atoms with Crippen molar-refractivity contribution in [3.05, 3.63) is 30.7 Å². The van der Waals surface area contributed by atoms with Crippen LogP contribution in [0.4, 0.5) is 0 Å². The smallest absolute Gasteiger partial charge is 0.114 e. The summed E-state index contributed by atoms with van der Waals surface area (Å²) in [7, 11) is 0. The predicted octanol–water partition coefficient (Wildman–Crippen LogP) is 1.75. The zero-order chi connectivity index (χ0) is 9.80. The molecule has 0 spiro atoms. The SMILES string of the molecule is CCCn1ncc(-c2cccnc2)n1. The summed E-state index contributed by atoms with van der Waals surface area (Å²) in [5, 5.41) is 8.50. The number of nitrogens with zero attached hydrogens (tertiary/aromatic N) is 4. The first-order valence-electron chi connectivity index (χ1n) is 4.70. The Balaban J connectivity index is 2.25. The fourth-order valence-electron chi connectivity index (χ4n) is 1.25. The van der Waals surface area contributed by atoms with Crippen molar-refractivity contribution in [3.63, 3.8) is 0 Å². The highest BCUT2D eigenvalue weighted by Crippen LogP contribution is 2.12. The first-order chi connectivity index (χ1) is 6.90. The van der Waals surface area contributed by atoms with Crippen molar-refractivity contribution in [2.45, 2.75) is 19.9 Å². The predicted molar refractivity (Wildman–Crippen MR) is 53.5 cm³/mol. The van der Waals surface area contributed by atoms with E-state index < -0.39 is 0 Å². The summed E-state index contributed by atoms with van der Waals surface area (Å²) in [5.74, 6) is 0. The Kier molecular flexibility index (Phi) is 2.53. The Hall–Kier alpha value is -1.71. The minimum Gasteiger partial charge on any atom is -0.264 e. The summed E-state index contributed by atoms with van der Waals surface area (Å²) in [6.07, 6.45) is 6.36. The van der Waals surface area contributed by atoms with Crippen LogP contribution in [0.1, 0.15) is 13.3 Å². The molecule has 14 heavy (non-hydrogen) atoms. The van der Waals surface area contributed by atoms with Gasteiger partial charge in [-0.3, -0.25) is 4.98 Å². The molecule has 0 aromatic carbocycles. The first-order valence-corrected chi connectivity index (χ1v) is 4.70. The van der Waals surface area contributed by atoms with Crippen LogP contribution < -0.4 is 0 Å². The van der Waals surface area contributed by atoms with Crippen molar-refractivity contribution in [2.75, 3.05) is 0 Å². The van der Waals surface area contributed by atoms with E-state index in [2.05, 4.69) is 22.1 Å². The van der Waals surface area contributed by atoms with Crippen LogP contribution in [0.25, 0.3) is 11.3 Å². The fourth-order valence-corrected chi connectivity index (χ4v) is 1.25. The maximum atomic E-state index is 4.34. The zero-order valence-corrected chi connectivity index (χ0v) is 8.09. The number of rotatable bonds is 3.